The Labute approximate surface area is 216 Å². The van der Waals surface area contributed by atoms with Gasteiger partial charge in [0.15, 0.2) is 5.72 Å². The number of azide groups is 1. The largest absolute Gasteiger partial charge is 0.462 e. The number of aromatic nitrogens is 2. The van der Waals surface area contributed by atoms with Crippen molar-refractivity contribution >= 4 is 13.7 Å². The van der Waals surface area contributed by atoms with Crippen molar-refractivity contribution in [1.82, 2.24) is 14.6 Å². The third-order valence-electron chi connectivity index (χ3n) is 5.54. The SMILES string of the molecule is CC(C)OC(=O)[C@@H](C)NP(=O)(OC[C@@]1(N=[N+]=[N-])O[C@@H](n2ccc(=O)[nH]c2=O)[C@@H](C)[C@@H]1O)Oc1ccccc1. The number of esters is 1. The summed E-state index contributed by atoms with van der Waals surface area (Å²) >= 11 is 0. The fraction of sp³-hybridized carbons (Fsp3) is 0.500. The zero-order chi connectivity index (χ0) is 28.1. The number of aliphatic hydroxyl groups is 1. The van der Waals surface area contributed by atoms with E-state index in [2.05, 4.69) is 20.1 Å². The standard InChI is InChI=1S/C22H29N6O9P/c1-13(2)35-20(31)15(4)25-38(33,37-16-8-6-5-7-9-16)34-12-22(26-27-23)18(30)14(3)19(36-22)28-11-10-17(29)24-21(28)32/h5-11,13-15,18-19,30H,12H2,1-4H3,(H,25,33)(H,24,29,32)/t14-,15+,18-,19+,22+,38?/m0/s1. The number of benzene rings is 1. The number of carbonyl (C=O) groups is 1. The van der Waals surface area contributed by atoms with Crippen molar-refractivity contribution in [3.8, 4) is 5.75 Å². The van der Waals surface area contributed by atoms with Gasteiger partial charge in [-0.1, -0.05) is 30.2 Å². The fourth-order valence-corrected chi connectivity index (χ4v) is 5.22. The molecule has 1 saturated heterocycles. The van der Waals surface area contributed by atoms with E-state index >= 15 is 0 Å². The smallest absolute Gasteiger partial charge is 0.459 e. The molecule has 0 amide bonds. The number of aliphatic hydroxyl groups excluding tert-OH is 1. The molecule has 3 N–H and O–H groups in total. The van der Waals surface area contributed by atoms with Gasteiger partial charge in [0.05, 0.1) is 18.8 Å². The van der Waals surface area contributed by atoms with Gasteiger partial charge in [0.25, 0.3) is 5.56 Å². The highest BCUT2D eigenvalue weighted by Gasteiger charge is 2.55. The van der Waals surface area contributed by atoms with E-state index in [1.807, 2.05) is 0 Å². The quantitative estimate of drug-likeness (QED) is 0.122. The van der Waals surface area contributed by atoms with Gasteiger partial charge in [0.2, 0.25) is 0 Å². The molecule has 1 aromatic carbocycles. The van der Waals surface area contributed by atoms with Gasteiger partial charge in [0.1, 0.15) is 18.0 Å². The molecule has 0 bridgehead atoms. The van der Waals surface area contributed by atoms with E-state index in [0.29, 0.717) is 0 Å². The van der Waals surface area contributed by atoms with Crippen LogP contribution in [0.1, 0.15) is 33.9 Å². The van der Waals surface area contributed by atoms with Gasteiger partial charge in [-0.25, -0.2) is 9.36 Å². The van der Waals surface area contributed by atoms with Crippen LogP contribution in [-0.4, -0.2) is 51.2 Å². The summed E-state index contributed by atoms with van der Waals surface area (Å²) in [6, 6.07) is 7.87. The first-order valence-electron chi connectivity index (χ1n) is 11.6. The molecule has 1 aromatic heterocycles. The molecule has 38 heavy (non-hydrogen) atoms. The van der Waals surface area contributed by atoms with Crippen LogP contribution in [0, 0.1) is 5.92 Å². The predicted octanol–water partition coefficient (Wildman–Crippen LogP) is 2.20. The van der Waals surface area contributed by atoms with Crippen LogP contribution in [0.3, 0.4) is 0 Å². The lowest BCUT2D eigenvalue weighted by Crippen LogP contribution is -2.44. The molecule has 1 fully saturated rings. The summed E-state index contributed by atoms with van der Waals surface area (Å²) in [5, 5.41) is 17.0. The number of ether oxygens (including phenoxy) is 2. The maximum absolute atomic E-state index is 13.8. The molecule has 2 heterocycles. The zero-order valence-corrected chi connectivity index (χ0v) is 22.0. The summed E-state index contributed by atoms with van der Waals surface area (Å²) in [5.74, 6) is -1.45. The molecule has 2 aromatic rings. The van der Waals surface area contributed by atoms with Crippen molar-refractivity contribution in [2.45, 2.75) is 57.9 Å². The van der Waals surface area contributed by atoms with E-state index in [0.717, 1.165) is 16.8 Å². The van der Waals surface area contributed by atoms with Crippen LogP contribution >= 0.6 is 7.75 Å². The Balaban J connectivity index is 1.91. The Morgan fingerprint density at radius 1 is 1.32 bits per heavy atom. The minimum absolute atomic E-state index is 0.129. The lowest BCUT2D eigenvalue weighted by molar-refractivity contribution is -0.149. The van der Waals surface area contributed by atoms with Gasteiger partial charge < -0.3 is 19.1 Å². The number of hydrogen-bond acceptors (Lipinski definition) is 10. The molecular formula is C22H29N6O9P. The van der Waals surface area contributed by atoms with Gasteiger partial charge in [-0.2, -0.15) is 5.09 Å². The number of rotatable bonds is 11. The van der Waals surface area contributed by atoms with Gasteiger partial charge in [0, 0.05) is 23.1 Å². The highest BCUT2D eigenvalue weighted by atomic mass is 31.2. The minimum Gasteiger partial charge on any atom is -0.462 e. The molecule has 1 unspecified atom stereocenters. The molecule has 6 atom stereocenters. The highest BCUT2D eigenvalue weighted by molar-refractivity contribution is 7.52. The van der Waals surface area contributed by atoms with Crippen molar-refractivity contribution in [2.24, 2.45) is 11.0 Å². The van der Waals surface area contributed by atoms with Crippen molar-refractivity contribution in [3.05, 3.63) is 73.9 Å². The zero-order valence-electron chi connectivity index (χ0n) is 21.1. The highest BCUT2D eigenvalue weighted by Crippen LogP contribution is 2.49. The first kappa shape index (κ1) is 29.1. The van der Waals surface area contributed by atoms with Crippen LogP contribution in [0.2, 0.25) is 0 Å². The maximum atomic E-state index is 13.8. The molecule has 0 spiro atoms. The molecule has 1 aliphatic rings. The Hall–Kier alpha value is -3.45. The fourth-order valence-electron chi connectivity index (χ4n) is 3.71. The third kappa shape index (κ3) is 6.70. The van der Waals surface area contributed by atoms with E-state index in [1.165, 1.54) is 26.0 Å². The third-order valence-corrected chi connectivity index (χ3v) is 7.17. The molecule has 16 heteroatoms. The Morgan fingerprint density at radius 3 is 2.61 bits per heavy atom. The second-order valence-corrected chi connectivity index (χ2v) is 10.6. The van der Waals surface area contributed by atoms with Gasteiger partial charge in [-0.15, -0.1) is 0 Å². The number of H-pyrrole nitrogens is 1. The van der Waals surface area contributed by atoms with Crippen molar-refractivity contribution in [1.29, 1.82) is 0 Å². The average molecular weight is 552 g/mol. The number of nitrogens with zero attached hydrogens (tertiary/aromatic N) is 4. The van der Waals surface area contributed by atoms with E-state index < -0.39 is 67.7 Å². The molecule has 0 radical (unpaired) electrons. The summed E-state index contributed by atoms with van der Waals surface area (Å²) in [5.41, 5.74) is 5.61. The summed E-state index contributed by atoms with van der Waals surface area (Å²) in [6.45, 7) is 5.40. The van der Waals surface area contributed by atoms with Crippen molar-refractivity contribution < 1.29 is 33.0 Å². The second kappa shape index (κ2) is 11.9. The molecule has 0 saturated carbocycles. The monoisotopic (exact) mass is 552 g/mol. The van der Waals surface area contributed by atoms with Gasteiger partial charge in [-0.05, 0) is 38.4 Å². The lowest BCUT2D eigenvalue weighted by Gasteiger charge is -2.30. The van der Waals surface area contributed by atoms with Crippen LogP contribution in [0.25, 0.3) is 10.4 Å². The van der Waals surface area contributed by atoms with Crippen molar-refractivity contribution in [3.63, 3.8) is 0 Å². The van der Waals surface area contributed by atoms with Gasteiger partial charge in [-0.3, -0.25) is 23.7 Å². The normalized spacial score (nSPS) is 25.3. The average Bonchev–Trinajstić information content (AvgIpc) is 3.09. The Bertz CT molecular complexity index is 1340. The summed E-state index contributed by atoms with van der Waals surface area (Å²) in [6.07, 6.45) is -2.01. The first-order chi connectivity index (χ1) is 17.9. The van der Waals surface area contributed by atoms with Crippen LogP contribution in [0.4, 0.5) is 0 Å². The molecule has 1 aliphatic heterocycles. The number of hydrogen-bond donors (Lipinski definition) is 3. The van der Waals surface area contributed by atoms with Gasteiger partial charge >= 0.3 is 19.4 Å². The number of para-hydroxylation sites is 1. The van der Waals surface area contributed by atoms with Crippen molar-refractivity contribution in [2.75, 3.05) is 6.61 Å². The summed E-state index contributed by atoms with van der Waals surface area (Å²) < 4.78 is 36.9. The lowest BCUT2D eigenvalue weighted by atomic mass is 9.98. The van der Waals surface area contributed by atoms with E-state index in [1.54, 1.807) is 32.0 Å². The van der Waals surface area contributed by atoms with E-state index in [4.69, 9.17) is 18.5 Å². The Morgan fingerprint density at radius 2 is 2.00 bits per heavy atom. The summed E-state index contributed by atoms with van der Waals surface area (Å²) in [4.78, 5) is 41.0. The molecular weight excluding hydrogens is 523 g/mol. The summed E-state index contributed by atoms with van der Waals surface area (Å²) in [7, 11) is -4.41. The second-order valence-electron chi connectivity index (χ2n) is 8.88. The van der Waals surface area contributed by atoms with E-state index in [9.17, 15) is 29.6 Å². The first-order valence-corrected chi connectivity index (χ1v) is 13.1. The maximum Gasteiger partial charge on any atom is 0.459 e. The van der Waals surface area contributed by atoms with E-state index in [-0.39, 0.29) is 5.75 Å². The molecule has 0 aliphatic carbocycles. The molecule has 15 nitrogen and oxygen atoms in total. The number of nitrogens with one attached hydrogen (secondary N) is 2. The Kier molecular flexibility index (Phi) is 9.15. The van der Waals surface area contributed by atoms with Crippen LogP contribution < -0.4 is 20.9 Å². The van der Waals surface area contributed by atoms with Crippen LogP contribution in [-0.2, 0) is 23.4 Å². The predicted molar refractivity (Wildman–Crippen MR) is 133 cm³/mol. The molecule has 3 rings (SSSR count). The topological polar surface area (TPSA) is 207 Å². The number of aromatic amines is 1. The molecule has 206 valence electrons. The number of carbonyl (C=O) groups excluding carboxylic acids is 1. The van der Waals surface area contributed by atoms with Crippen LogP contribution in [0.5, 0.6) is 5.75 Å². The van der Waals surface area contributed by atoms with Crippen LogP contribution in [0.15, 0.2) is 57.3 Å². The minimum atomic E-state index is -4.41.